The summed E-state index contributed by atoms with van der Waals surface area (Å²) < 4.78 is 5.50. The Morgan fingerprint density at radius 1 is 1.19 bits per heavy atom. The molecule has 0 bridgehead atoms. The number of carbonyl (C=O) groups excluding carboxylic acids is 2. The summed E-state index contributed by atoms with van der Waals surface area (Å²) in [4.78, 5) is 24.2. The van der Waals surface area contributed by atoms with Gasteiger partial charge in [-0.05, 0) is 62.1 Å². The lowest BCUT2D eigenvalue weighted by Crippen LogP contribution is -2.30. The normalized spacial score (nSPS) is 14.3. The van der Waals surface area contributed by atoms with E-state index >= 15 is 0 Å². The topological polar surface area (TPSA) is 93.5 Å². The van der Waals surface area contributed by atoms with Crippen LogP contribution in [0.3, 0.4) is 0 Å². The van der Waals surface area contributed by atoms with E-state index in [2.05, 4.69) is 10.6 Å². The van der Waals surface area contributed by atoms with Gasteiger partial charge < -0.3 is 21.1 Å². The number of nitrogens with two attached hydrogens (primary N) is 1. The minimum atomic E-state index is -0.175. The van der Waals surface area contributed by atoms with E-state index in [1.54, 1.807) is 24.3 Å². The van der Waals surface area contributed by atoms with Crippen LogP contribution in [-0.4, -0.2) is 24.5 Å². The molecule has 6 nitrogen and oxygen atoms in total. The third-order valence-corrected chi connectivity index (χ3v) is 4.55. The molecule has 0 radical (unpaired) electrons. The number of nitrogen functional groups attached to an aromatic ring is 1. The maximum absolute atomic E-state index is 12.5. The summed E-state index contributed by atoms with van der Waals surface area (Å²) in [6.45, 7) is 3.81. The van der Waals surface area contributed by atoms with E-state index in [0.717, 1.165) is 24.0 Å². The van der Waals surface area contributed by atoms with E-state index in [9.17, 15) is 9.59 Å². The van der Waals surface area contributed by atoms with Crippen molar-refractivity contribution in [2.24, 2.45) is 0 Å². The Balaban J connectivity index is 1.55. The zero-order valence-corrected chi connectivity index (χ0v) is 15.6. The van der Waals surface area contributed by atoms with Crippen molar-refractivity contribution in [1.82, 2.24) is 10.6 Å². The Morgan fingerprint density at radius 2 is 1.89 bits per heavy atom. The van der Waals surface area contributed by atoms with Gasteiger partial charge in [0.25, 0.3) is 11.8 Å². The number of amides is 2. The number of rotatable bonds is 7. The van der Waals surface area contributed by atoms with Crippen LogP contribution >= 0.6 is 0 Å². The summed E-state index contributed by atoms with van der Waals surface area (Å²) >= 11 is 0. The summed E-state index contributed by atoms with van der Waals surface area (Å²) in [6.07, 6.45) is 2.11. The fraction of sp³-hybridized carbons (Fsp3) is 0.333. The van der Waals surface area contributed by atoms with Crippen molar-refractivity contribution in [2.75, 3.05) is 12.3 Å². The van der Waals surface area contributed by atoms with E-state index in [4.69, 9.17) is 10.5 Å². The molecule has 0 aromatic heterocycles. The van der Waals surface area contributed by atoms with E-state index in [1.807, 2.05) is 32.0 Å². The number of benzene rings is 2. The van der Waals surface area contributed by atoms with Gasteiger partial charge in [0.05, 0.1) is 6.04 Å². The van der Waals surface area contributed by atoms with Crippen molar-refractivity contribution in [3.63, 3.8) is 0 Å². The first-order valence-corrected chi connectivity index (χ1v) is 9.11. The van der Waals surface area contributed by atoms with Crippen molar-refractivity contribution in [3.05, 3.63) is 59.2 Å². The van der Waals surface area contributed by atoms with Crippen molar-refractivity contribution in [1.29, 1.82) is 0 Å². The van der Waals surface area contributed by atoms with Gasteiger partial charge in [-0.25, -0.2) is 0 Å². The Bertz CT molecular complexity index is 829. The summed E-state index contributed by atoms with van der Waals surface area (Å²) in [6, 6.07) is 12.8. The SMILES string of the molecule is Cc1ccc(N)cc1C(=O)NC(C)c1ccc(OCC(=O)NC2CC2)cc1. The third-order valence-electron chi connectivity index (χ3n) is 4.55. The van der Waals surface area contributed by atoms with Gasteiger partial charge in [0.15, 0.2) is 6.61 Å². The maximum atomic E-state index is 12.5. The monoisotopic (exact) mass is 367 g/mol. The molecule has 3 rings (SSSR count). The highest BCUT2D eigenvalue weighted by atomic mass is 16.5. The van der Waals surface area contributed by atoms with Crippen LogP contribution in [0.25, 0.3) is 0 Å². The number of anilines is 1. The van der Waals surface area contributed by atoms with Gasteiger partial charge in [-0.2, -0.15) is 0 Å². The van der Waals surface area contributed by atoms with E-state index in [-0.39, 0.29) is 24.5 Å². The van der Waals surface area contributed by atoms with Crippen LogP contribution in [0.1, 0.15) is 47.3 Å². The lowest BCUT2D eigenvalue weighted by Gasteiger charge is -2.16. The summed E-state index contributed by atoms with van der Waals surface area (Å²) in [5.41, 5.74) is 8.74. The average molecular weight is 367 g/mol. The Morgan fingerprint density at radius 3 is 2.56 bits per heavy atom. The van der Waals surface area contributed by atoms with Crippen LogP contribution in [-0.2, 0) is 4.79 Å². The number of carbonyl (C=O) groups is 2. The van der Waals surface area contributed by atoms with Crippen LogP contribution in [0, 0.1) is 6.92 Å². The molecule has 1 aliphatic carbocycles. The van der Waals surface area contributed by atoms with Crippen molar-refractivity contribution >= 4 is 17.5 Å². The maximum Gasteiger partial charge on any atom is 0.258 e. The Hall–Kier alpha value is -3.02. The molecule has 27 heavy (non-hydrogen) atoms. The average Bonchev–Trinajstić information content (AvgIpc) is 3.46. The molecule has 1 unspecified atom stereocenters. The molecule has 4 N–H and O–H groups in total. The quantitative estimate of drug-likeness (QED) is 0.656. The van der Waals surface area contributed by atoms with Crippen LogP contribution in [0.4, 0.5) is 5.69 Å². The first-order chi connectivity index (χ1) is 12.9. The lowest BCUT2D eigenvalue weighted by atomic mass is 10.0. The first-order valence-electron chi connectivity index (χ1n) is 9.11. The predicted octanol–water partition coefficient (Wildman–Crippen LogP) is 2.73. The highest BCUT2D eigenvalue weighted by Gasteiger charge is 2.23. The smallest absolute Gasteiger partial charge is 0.258 e. The number of aryl methyl sites for hydroxylation is 1. The van der Waals surface area contributed by atoms with Crippen molar-refractivity contribution < 1.29 is 14.3 Å². The van der Waals surface area contributed by atoms with Crippen LogP contribution in [0.5, 0.6) is 5.75 Å². The molecular formula is C21H25N3O3. The molecule has 2 amide bonds. The van der Waals surface area contributed by atoms with Crippen molar-refractivity contribution in [3.8, 4) is 5.75 Å². The van der Waals surface area contributed by atoms with Gasteiger partial charge in [-0.1, -0.05) is 18.2 Å². The molecule has 0 spiro atoms. The lowest BCUT2D eigenvalue weighted by molar-refractivity contribution is -0.123. The minimum Gasteiger partial charge on any atom is -0.484 e. The van der Waals surface area contributed by atoms with E-state index in [0.29, 0.717) is 23.0 Å². The second kappa shape index (κ2) is 8.12. The van der Waals surface area contributed by atoms with Crippen LogP contribution in [0.2, 0.25) is 0 Å². The fourth-order valence-electron chi connectivity index (χ4n) is 2.74. The largest absolute Gasteiger partial charge is 0.484 e. The number of ether oxygens (including phenoxy) is 1. The highest BCUT2D eigenvalue weighted by Crippen LogP contribution is 2.20. The molecule has 1 atom stereocenters. The van der Waals surface area contributed by atoms with E-state index < -0.39 is 0 Å². The Kier molecular flexibility index (Phi) is 5.64. The molecule has 0 saturated heterocycles. The molecule has 142 valence electrons. The predicted molar refractivity (Wildman–Crippen MR) is 105 cm³/mol. The fourth-order valence-corrected chi connectivity index (χ4v) is 2.74. The van der Waals surface area contributed by atoms with Crippen LogP contribution < -0.4 is 21.1 Å². The zero-order chi connectivity index (χ0) is 19.4. The third kappa shape index (κ3) is 5.23. The highest BCUT2D eigenvalue weighted by molar-refractivity contribution is 5.96. The molecule has 2 aromatic rings. The zero-order valence-electron chi connectivity index (χ0n) is 15.6. The van der Waals surface area contributed by atoms with Crippen molar-refractivity contribution in [2.45, 2.75) is 38.8 Å². The summed E-state index contributed by atoms with van der Waals surface area (Å²) in [5.74, 6) is 0.360. The minimum absolute atomic E-state index is 0.0108. The molecule has 0 heterocycles. The molecule has 0 aliphatic heterocycles. The standard InChI is InChI=1S/C21H25N3O3/c1-13-3-6-16(22)11-19(13)21(26)23-14(2)15-4-9-18(10-5-15)27-12-20(25)24-17-7-8-17/h3-6,9-11,14,17H,7-8,12,22H2,1-2H3,(H,23,26)(H,24,25). The number of hydrogen-bond acceptors (Lipinski definition) is 4. The molecule has 1 saturated carbocycles. The number of nitrogens with one attached hydrogen (secondary N) is 2. The molecule has 1 fully saturated rings. The van der Waals surface area contributed by atoms with Gasteiger partial charge in [0.1, 0.15) is 5.75 Å². The molecule has 2 aromatic carbocycles. The number of hydrogen-bond donors (Lipinski definition) is 3. The second-order valence-corrected chi connectivity index (χ2v) is 6.97. The molecule has 6 heteroatoms. The van der Waals surface area contributed by atoms with Gasteiger partial charge in [-0.3, -0.25) is 9.59 Å². The summed E-state index contributed by atoms with van der Waals surface area (Å²) in [7, 11) is 0. The van der Waals surface area contributed by atoms with E-state index in [1.165, 1.54) is 0 Å². The first kappa shape index (κ1) is 18.8. The van der Waals surface area contributed by atoms with Crippen LogP contribution in [0.15, 0.2) is 42.5 Å². The Labute approximate surface area is 159 Å². The van der Waals surface area contributed by atoms with Gasteiger partial charge in [0, 0.05) is 17.3 Å². The molecule has 1 aliphatic rings. The van der Waals surface area contributed by atoms with Gasteiger partial charge >= 0.3 is 0 Å². The second-order valence-electron chi connectivity index (χ2n) is 6.97. The molecular weight excluding hydrogens is 342 g/mol. The van der Waals surface area contributed by atoms with Gasteiger partial charge in [-0.15, -0.1) is 0 Å². The van der Waals surface area contributed by atoms with Gasteiger partial charge in [0.2, 0.25) is 0 Å². The summed E-state index contributed by atoms with van der Waals surface area (Å²) in [5, 5.41) is 5.86.